The zero-order valence-electron chi connectivity index (χ0n) is 12.7. The highest BCUT2D eigenvalue weighted by atomic mass is 16.2. The fraction of sp³-hybridized carbons (Fsp3) is 0.333. The van der Waals surface area contributed by atoms with Crippen LogP contribution in [-0.4, -0.2) is 28.9 Å². The Morgan fingerprint density at radius 1 is 1.14 bits per heavy atom. The molecule has 1 amide bonds. The first kappa shape index (κ1) is 15.2. The van der Waals surface area contributed by atoms with E-state index in [2.05, 4.69) is 18.8 Å². The molecule has 1 heterocycles. The minimum atomic E-state index is 0.0756. The summed E-state index contributed by atoms with van der Waals surface area (Å²) in [5.41, 5.74) is 1.91. The van der Waals surface area contributed by atoms with Crippen molar-refractivity contribution in [2.24, 2.45) is 0 Å². The highest BCUT2D eigenvalue weighted by molar-refractivity contribution is 5.95. The van der Waals surface area contributed by atoms with Crippen molar-refractivity contribution < 1.29 is 4.79 Å². The molecule has 1 aromatic heterocycles. The van der Waals surface area contributed by atoms with E-state index in [1.165, 1.54) is 0 Å². The molecule has 0 unspecified atom stereocenters. The topological polar surface area (TPSA) is 33.2 Å². The van der Waals surface area contributed by atoms with Crippen molar-refractivity contribution in [1.82, 2.24) is 9.88 Å². The van der Waals surface area contributed by atoms with Gasteiger partial charge in [0.25, 0.3) is 0 Å². The molecular formula is C18H22N2O. The normalized spacial score (nSPS) is 11.1. The first-order valence-electron chi connectivity index (χ1n) is 7.57. The number of fused-ring (bicyclic) bond motifs is 1. The van der Waals surface area contributed by atoms with Crippen LogP contribution in [0.2, 0.25) is 0 Å². The van der Waals surface area contributed by atoms with E-state index in [1.807, 2.05) is 41.3 Å². The van der Waals surface area contributed by atoms with Crippen molar-refractivity contribution in [1.29, 1.82) is 0 Å². The summed E-state index contributed by atoms with van der Waals surface area (Å²) in [7, 11) is 0. The van der Waals surface area contributed by atoms with Gasteiger partial charge in [-0.2, -0.15) is 0 Å². The number of para-hydroxylation sites is 1. The van der Waals surface area contributed by atoms with E-state index in [-0.39, 0.29) is 5.91 Å². The molecule has 0 bridgehead atoms. The average molecular weight is 282 g/mol. The van der Waals surface area contributed by atoms with Gasteiger partial charge in [-0.3, -0.25) is 9.78 Å². The lowest BCUT2D eigenvalue weighted by Crippen LogP contribution is -2.30. The molecule has 0 atom stereocenters. The molecule has 0 fully saturated rings. The summed E-state index contributed by atoms with van der Waals surface area (Å²) in [4.78, 5) is 18.5. The predicted octanol–water partition coefficient (Wildman–Crippen LogP) is 3.90. The Hall–Kier alpha value is -2.16. The summed E-state index contributed by atoms with van der Waals surface area (Å²) in [5, 5.41) is 1.09. The molecule has 21 heavy (non-hydrogen) atoms. The quantitative estimate of drug-likeness (QED) is 0.753. The first-order valence-corrected chi connectivity index (χ1v) is 7.57. The number of benzene rings is 1. The third kappa shape index (κ3) is 3.91. The number of carbonyl (C=O) groups is 1. The monoisotopic (exact) mass is 282 g/mol. The fourth-order valence-corrected chi connectivity index (χ4v) is 2.40. The van der Waals surface area contributed by atoms with E-state index in [4.69, 9.17) is 0 Å². The van der Waals surface area contributed by atoms with Crippen LogP contribution in [0.5, 0.6) is 0 Å². The maximum Gasteiger partial charge on any atom is 0.246 e. The smallest absolute Gasteiger partial charge is 0.246 e. The molecule has 0 saturated heterocycles. The summed E-state index contributed by atoms with van der Waals surface area (Å²) < 4.78 is 0. The molecule has 0 radical (unpaired) electrons. The molecule has 0 aliphatic carbocycles. The maximum atomic E-state index is 12.3. The standard InChI is InChI=1S/C18H22N2O/c1-3-13-20(14-4-2)17(21)11-10-16-8-5-7-15-9-6-12-19-18(15)16/h5-12H,3-4,13-14H2,1-2H3/b11-10+. The number of pyridine rings is 1. The van der Waals surface area contributed by atoms with E-state index < -0.39 is 0 Å². The largest absolute Gasteiger partial charge is 0.339 e. The van der Waals surface area contributed by atoms with Crippen LogP contribution < -0.4 is 0 Å². The number of carbonyl (C=O) groups excluding carboxylic acids is 1. The fourth-order valence-electron chi connectivity index (χ4n) is 2.40. The first-order chi connectivity index (χ1) is 10.3. The molecule has 2 aromatic rings. The molecule has 0 saturated carbocycles. The average Bonchev–Trinajstić information content (AvgIpc) is 2.52. The van der Waals surface area contributed by atoms with Crippen LogP contribution in [0, 0.1) is 0 Å². The van der Waals surface area contributed by atoms with Gasteiger partial charge < -0.3 is 4.90 Å². The minimum absolute atomic E-state index is 0.0756. The number of aromatic nitrogens is 1. The third-order valence-corrected chi connectivity index (χ3v) is 3.37. The lowest BCUT2D eigenvalue weighted by molar-refractivity contribution is -0.126. The number of rotatable bonds is 6. The number of hydrogen-bond acceptors (Lipinski definition) is 2. The van der Waals surface area contributed by atoms with Crippen molar-refractivity contribution in [3.05, 3.63) is 48.2 Å². The van der Waals surface area contributed by atoms with E-state index in [1.54, 1.807) is 12.3 Å². The Labute approximate surface area is 126 Å². The SMILES string of the molecule is CCCN(CCC)C(=O)/C=C/c1cccc2cccnc12. The zero-order chi connectivity index (χ0) is 15.1. The summed E-state index contributed by atoms with van der Waals surface area (Å²) in [6.45, 7) is 5.80. The molecule has 3 heteroatoms. The van der Waals surface area contributed by atoms with E-state index >= 15 is 0 Å². The van der Waals surface area contributed by atoms with Crippen molar-refractivity contribution in [3.63, 3.8) is 0 Å². The van der Waals surface area contributed by atoms with Gasteiger partial charge >= 0.3 is 0 Å². The molecule has 1 aromatic carbocycles. The van der Waals surface area contributed by atoms with Crippen molar-refractivity contribution >= 4 is 22.9 Å². The van der Waals surface area contributed by atoms with Gasteiger partial charge in [0.05, 0.1) is 5.52 Å². The number of amides is 1. The Morgan fingerprint density at radius 3 is 2.57 bits per heavy atom. The van der Waals surface area contributed by atoms with Crippen molar-refractivity contribution in [2.75, 3.05) is 13.1 Å². The summed E-state index contributed by atoms with van der Waals surface area (Å²) >= 11 is 0. The Morgan fingerprint density at radius 2 is 1.86 bits per heavy atom. The lowest BCUT2D eigenvalue weighted by Gasteiger charge is -2.19. The molecule has 2 rings (SSSR count). The summed E-state index contributed by atoms with van der Waals surface area (Å²) in [6, 6.07) is 9.96. The van der Waals surface area contributed by atoms with E-state index in [9.17, 15) is 4.79 Å². The van der Waals surface area contributed by atoms with Crippen LogP contribution >= 0.6 is 0 Å². The Bertz CT molecular complexity index is 623. The Balaban J connectivity index is 2.20. The molecular weight excluding hydrogens is 260 g/mol. The van der Waals surface area contributed by atoms with Gasteiger partial charge in [0.2, 0.25) is 5.91 Å². The third-order valence-electron chi connectivity index (χ3n) is 3.37. The number of nitrogens with zero attached hydrogens (tertiary/aromatic N) is 2. The highest BCUT2D eigenvalue weighted by Gasteiger charge is 2.08. The van der Waals surface area contributed by atoms with Gasteiger partial charge in [0.15, 0.2) is 0 Å². The van der Waals surface area contributed by atoms with Gasteiger partial charge in [-0.25, -0.2) is 0 Å². The second-order valence-corrected chi connectivity index (χ2v) is 5.08. The lowest BCUT2D eigenvalue weighted by atomic mass is 10.1. The maximum absolute atomic E-state index is 12.3. The second-order valence-electron chi connectivity index (χ2n) is 5.08. The van der Waals surface area contributed by atoms with Gasteiger partial charge in [-0.15, -0.1) is 0 Å². The second kappa shape index (κ2) is 7.58. The van der Waals surface area contributed by atoms with Crippen LogP contribution in [0.1, 0.15) is 32.3 Å². The van der Waals surface area contributed by atoms with Gasteiger partial charge in [-0.1, -0.05) is 38.1 Å². The predicted molar refractivity (Wildman–Crippen MR) is 87.9 cm³/mol. The number of hydrogen-bond donors (Lipinski definition) is 0. The minimum Gasteiger partial charge on any atom is -0.339 e. The summed E-state index contributed by atoms with van der Waals surface area (Å²) in [6.07, 6.45) is 7.28. The molecule has 0 aliphatic heterocycles. The van der Waals surface area contributed by atoms with Crippen LogP contribution in [0.25, 0.3) is 17.0 Å². The van der Waals surface area contributed by atoms with Crippen LogP contribution in [0.15, 0.2) is 42.6 Å². The van der Waals surface area contributed by atoms with Gasteiger partial charge in [0, 0.05) is 36.3 Å². The van der Waals surface area contributed by atoms with Gasteiger partial charge in [-0.05, 0) is 25.0 Å². The van der Waals surface area contributed by atoms with Crippen LogP contribution in [0.4, 0.5) is 0 Å². The van der Waals surface area contributed by atoms with Crippen LogP contribution in [0.3, 0.4) is 0 Å². The van der Waals surface area contributed by atoms with E-state index in [0.29, 0.717) is 0 Å². The molecule has 0 aliphatic rings. The van der Waals surface area contributed by atoms with Crippen molar-refractivity contribution in [2.45, 2.75) is 26.7 Å². The zero-order valence-corrected chi connectivity index (χ0v) is 12.7. The van der Waals surface area contributed by atoms with Gasteiger partial charge in [0.1, 0.15) is 0 Å². The molecule has 0 N–H and O–H groups in total. The van der Waals surface area contributed by atoms with Crippen molar-refractivity contribution in [3.8, 4) is 0 Å². The molecule has 110 valence electrons. The molecule has 0 spiro atoms. The Kier molecular flexibility index (Phi) is 5.50. The molecule has 3 nitrogen and oxygen atoms in total. The highest BCUT2D eigenvalue weighted by Crippen LogP contribution is 2.17. The van der Waals surface area contributed by atoms with Crippen LogP contribution in [-0.2, 0) is 4.79 Å². The van der Waals surface area contributed by atoms with E-state index in [0.717, 1.165) is 42.4 Å². The summed E-state index contributed by atoms with van der Waals surface area (Å²) in [5.74, 6) is 0.0756.